The highest BCUT2D eigenvalue weighted by atomic mass is 32.2. The molecule has 1 aromatic rings. The molecule has 1 heterocycles. The van der Waals surface area contributed by atoms with E-state index in [-0.39, 0.29) is 11.8 Å². The van der Waals surface area contributed by atoms with E-state index in [0.29, 0.717) is 6.54 Å². The molecule has 1 atom stereocenters. The molecule has 3 N–H and O–H groups in total. The molecular formula is C15H25N3O2S. The first-order valence-electron chi connectivity index (χ1n) is 7.49. The summed E-state index contributed by atoms with van der Waals surface area (Å²) in [5.41, 5.74) is 7.31. The first kappa shape index (κ1) is 16.4. The lowest BCUT2D eigenvalue weighted by Crippen LogP contribution is -2.41. The minimum atomic E-state index is -3.32. The summed E-state index contributed by atoms with van der Waals surface area (Å²) in [7, 11) is -3.32. The lowest BCUT2D eigenvalue weighted by Gasteiger charge is -2.21. The number of nitrogens with one attached hydrogen (secondary N) is 1. The molecule has 0 bridgehead atoms. The molecule has 1 saturated heterocycles. The van der Waals surface area contributed by atoms with Crippen molar-refractivity contribution in [2.24, 2.45) is 5.73 Å². The van der Waals surface area contributed by atoms with E-state index in [1.807, 2.05) is 31.2 Å². The highest BCUT2D eigenvalue weighted by molar-refractivity contribution is 7.88. The molecule has 1 aromatic carbocycles. The predicted molar refractivity (Wildman–Crippen MR) is 85.2 cm³/mol. The Morgan fingerprint density at radius 2 is 1.95 bits per heavy atom. The van der Waals surface area contributed by atoms with Gasteiger partial charge in [0.15, 0.2) is 0 Å². The van der Waals surface area contributed by atoms with Gasteiger partial charge in [0.1, 0.15) is 0 Å². The van der Waals surface area contributed by atoms with Gasteiger partial charge in [0.25, 0.3) is 0 Å². The van der Waals surface area contributed by atoms with E-state index in [1.54, 1.807) is 0 Å². The van der Waals surface area contributed by atoms with Gasteiger partial charge < -0.3 is 10.6 Å². The number of hydrogen-bond acceptors (Lipinski definition) is 4. The Hall–Kier alpha value is -0.950. The van der Waals surface area contributed by atoms with E-state index in [0.717, 1.165) is 30.8 Å². The van der Waals surface area contributed by atoms with Gasteiger partial charge in [0.2, 0.25) is 10.0 Å². The SMILES string of the molecule is CC(CN1CCCC1)NS(=O)(=O)Cc1cccc(CN)c1. The second kappa shape index (κ2) is 7.35. The number of hydrogen-bond donors (Lipinski definition) is 2. The maximum atomic E-state index is 12.2. The molecule has 2 rings (SSSR count). The van der Waals surface area contributed by atoms with Crippen LogP contribution >= 0.6 is 0 Å². The first-order chi connectivity index (χ1) is 9.98. The highest BCUT2D eigenvalue weighted by Crippen LogP contribution is 2.10. The van der Waals surface area contributed by atoms with Crippen LogP contribution in [0.3, 0.4) is 0 Å². The van der Waals surface area contributed by atoms with Gasteiger partial charge in [-0.25, -0.2) is 13.1 Å². The van der Waals surface area contributed by atoms with Gasteiger partial charge in [-0.2, -0.15) is 0 Å². The van der Waals surface area contributed by atoms with E-state index in [2.05, 4.69) is 9.62 Å². The van der Waals surface area contributed by atoms with Crippen molar-refractivity contribution in [3.63, 3.8) is 0 Å². The normalized spacial score (nSPS) is 18.0. The van der Waals surface area contributed by atoms with Crippen LogP contribution in [0.5, 0.6) is 0 Å². The molecule has 1 aliphatic heterocycles. The van der Waals surface area contributed by atoms with Crippen LogP contribution in [0, 0.1) is 0 Å². The molecule has 0 radical (unpaired) electrons. The van der Waals surface area contributed by atoms with Crippen molar-refractivity contribution < 1.29 is 8.42 Å². The smallest absolute Gasteiger partial charge is 0.216 e. The van der Waals surface area contributed by atoms with Crippen molar-refractivity contribution in [1.82, 2.24) is 9.62 Å². The molecule has 0 amide bonds. The van der Waals surface area contributed by atoms with E-state index in [4.69, 9.17) is 5.73 Å². The van der Waals surface area contributed by atoms with Crippen LogP contribution in [-0.2, 0) is 22.3 Å². The molecule has 0 spiro atoms. The van der Waals surface area contributed by atoms with Crippen LogP contribution in [-0.4, -0.2) is 39.0 Å². The Labute approximate surface area is 127 Å². The third kappa shape index (κ3) is 5.39. The maximum Gasteiger partial charge on any atom is 0.216 e. The molecule has 21 heavy (non-hydrogen) atoms. The van der Waals surface area contributed by atoms with Gasteiger partial charge in [0.05, 0.1) is 5.75 Å². The number of rotatable bonds is 7. The van der Waals surface area contributed by atoms with Gasteiger partial charge in [0, 0.05) is 19.1 Å². The van der Waals surface area contributed by atoms with Crippen molar-refractivity contribution in [2.75, 3.05) is 19.6 Å². The second-order valence-electron chi connectivity index (χ2n) is 5.81. The summed E-state index contributed by atoms with van der Waals surface area (Å²) in [6.45, 7) is 5.27. The molecule has 118 valence electrons. The van der Waals surface area contributed by atoms with Crippen molar-refractivity contribution in [3.8, 4) is 0 Å². The summed E-state index contributed by atoms with van der Waals surface area (Å²) >= 11 is 0. The van der Waals surface area contributed by atoms with E-state index < -0.39 is 10.0 Å². The lowest BCUT2D eigenvalue weighted by atomic mass is 10.1. The first-order valence-corrected chi connectivity index (χ1v) is 9.14. The fraction of sp³-hybridized carbons (Fsp3) is 0.600. The Morgan fingerprint density at radius 1 is 1.29 bits per heavy atom. The van der Waals surface area contributed by atoms with Gasteiger partial charge in [-0.05, 0) is 44.0 Å². The van der Waals surface area contributed by atoms with Crippen molar-refractivity contribution in [1.29, 1.82) is 0 Å². The topological polar surface area (TPSA) is 75.4 Å². The van der Waals surface area contributed by atoms with Crippen LogP contribution in [0.25, 0.3) is 0 Å². The van der Waals surface area contributed by atoms with Gasteiger partial charge in [-0.1, -0.05) is 24.3 Å². The Bertz CT molecular complexity index is 554. The van der Waals surface area contributed by atoms with E-state index in [9.17, 15) is 8.42 Å². The number of nitrogens with two attached hydrogens (primary N) is 1. The summed E-state index contributed by atoms with van der Waals surface area (Å²) < 4.78 is 27.2. The predicted octanol–water partition coefficient (Wildman–Crippen LogP) is 1.05. The highest BCUT2D eigenvalue weighted by Gasteiger charge is 2.19. The molecule has 5 nitrogen and oxygen atoms in total. The average Bonchev–Trinajstić information content (AvgIpc) is 2.90. The van der Waals surface area contributed by atoms with Crippen molar-refractivity contribution in [2.45, 2.75) is 38.1 Å². The van der Waals surface area contributed by atoms with Crippen LogP contribution < -0.4 is 10.5 Å². The van der Waals surface area contributed by atoms with E-state index in [1.165, 1.54) is 12.8 Å². The van der Waals surface area contributed by atoms with Gasteiger partial charge in [-0.15, -0.1) is 0 Å². The monoisotopic (exact) mass is 311 g/mol. The number of likely N-dealkylation sites (tertiary alicyclic amines) is 1. The molecule has 0 aromatic heterocycles. The largest absolute Gasteiger partial charge is 0.326 e. The zero-order valence-corrected chi connectivity index (χ0v) is 13.4. The molecular weight excluding hydrogens is 286 g/mol. The summed E-state index contributed by atoms with van der Waals surface area (Å²) in [5.74, 6) is 0.00514. The minimum absolute atomic E-state index is 0.00514. The van der Waals surface area contributed by atoms with E-state index >= 15 is 0 Å². The number of sulfonamides is 1. The van der Waals surface area contributed by atoms with Crippen LogP contribution in [0.15, 0.2) is 24.3 Å². The maximum absolute atomic E-state index is 12.2. The molecule has 6 heteroatoms. The van der Waals surface area contributed by atoms with Crippen LogP contribution in [0.2, 0.25) is 0 Å². The lowest BCUT2D eigenvalue weighted by molar-refractivity contribution is 0.312. The minimum Gasteiger partial charge on any atom is -0.326 e. The Balaban J connectivity index is 1.91. The standard InChI is InChI=1S/C15H25N3O2S/c1-13(11-18-7-2-3-8-18)17-21(19,20)12-15-6-4-5-14(9-15)10-16/h4-6,9,13,17H,2-3,7-8,10-12,16H2,1H3. The molecule has 1 fully saturated rings. The summed E-state index contributed by atoms with van der Waals surface area (Å²) in [4.78, 5) is 2.31. The zero-order valence-electron chi connectivity index (χ0n) is 12.6. The third-order valence-corrected chi connectivity index (χ3v) is 5.17. The zero-order chi connectivity index (χ0) is 15.3. The van der Waals surface area contributed by atoms with Gasteiger partial charge >= 0.3 is 0 Å². The quantitative estimate of drug-likeness (QED) is 0.789. The van der Waals surface area contributed by atoms with Gasteiger partial charge in [-0.3, -0.25) is 0 Å². The number of nitrogens with zero attached hydrogens (tertiary/aromatic N) is 1. The summed E-state index contributed by atoms with van der Waals surface area (Å²) in [6, 6.07) is 7.36. The van der Waals surface area contributed by atoms with Crippen molar-refractivity contribution >= 4 is 10.0 Å². The Morgan fingerprint density at radius 3 is 2.62 bits per heavy atom. The summed E-state index contributed by atoms with van der Waals surface area (Å²) in [6.07, 6.45) is 2.43. The van der Waals surface area contributed by atoms with Crippen molar-refractivity contribution in [3.05, 3.63) is 35.4 Å². The Kier molecular flexibility index (Phi) is 5.75. The average molecular weight is 311 g/mol. The molecule has 1 aliphatic rings. The fourth-order valence-electron chi connectivity index (χ4n) is 2.80. The second-order valence-corrected chi connectivity index (χ2v) is 7.56. The summed E-state index contributed by atoms with van der Waals surface area (Å²) in [5, 5.41) is 0. The fourth-order valence-corrected chi connectivity index (χ4v) is 4.19. The van der Waals surface area contributed by atoms with Crippen LogP contribution in [0.1, 0.15) is 30.9 Å². The molecule has 0 aliphatic carbocycles. The molecule has 0 saturated carbocycles. The molecule has 1 unspecified atom stereocenters. The number of benzene rings is 1. The third-order valence-electron chi connectivity index (χ3n) is 3.70. The van der Waals surface area contributed by atoms with Crippen LogP contribution in [0.4, 0.5) is 0 Å².